The van der Waals surface area contributed by atoms with E-state index >= 15 is 0 Å². The van der Waals surface area contributed by atoms with Crippen LogP contribution in [0.25, 0.3) is 0 Å². The Morgan fingerprint density at radius 3 is 2.65 bits per heavy atom. The maximum Gasteiger partial charge on any atom is 0.191 e. The zero-order chi connectivity index (χ0) is 18.2. The average molecular weight is 423 g/mol. The highest BCUT2D eigenvalue weighted by molar-refractivity contribution is 9.10. The number of benzene rings is 1. The molecule has 0 bridgehead atoms. The van der Waals surface area contributed by atoms with Crippen LogP contribution in [0.15, 0.2) is 33.7 Å². The van der Waals surface area contributed by atoms with Crippen molar-refractivity contribution in [2.45, 2.75) is 50.8 Å². The second-order valence-electron chi connectivity index (χ2n) is 7.24. The Hall–Kier alpha value is -1.11. The molecule has 2 N–H and O–H groups in total. The number of hydrogen-bond acceptors (Lipinski definition) is 3. The van der Waals surface area contributed by atoms with Crippen LogP contribution in [0, 0.1) is 0 Å². The molecule has 1 aromatic rings. The summed E-state index contributed by atoms with van der Waals surface area (Å²) in [6.07, 6.45) is 6.21. The Morgan fingerprint density at radius 2 is 2.00 bits per heavy atom. The molecule has 0 saturated carbocycles. The number of guanidine groups is 1. The summed E-state index contributed by atoms with van der Waals surface area (Å²) in [4.78, 5) is 6.91. The smallest absolute Gasteiger partial charge is 0.191 e. The van der Waals surface area contributed by atoms with E-state index in [4.69, 9.17) is 4.74 Å². The fraction of sp³-hybridized carbons (Fsp3) is 0.650. The molecule has 3 rings (SSSR count). The number of nitrogens with zero attached hydrogens (tertiary/aromatic N) is 2. The fourth-order valence-electron chi connectivity index (χ4n) is 3.69. The Labute approximate surface area is 165 Å². The minimum atomic E-state index is 0.433. The van der Waals surface area contributed by atoms with E-state index in [1.54, 1.807) is 0 Å². The first-order valence-electron chi connectivity index (χ1n) is 9.78. The number of rotatable bonds is 6. The minimum Gasteiger partial charge on any atom is -0.378 e. The lowest BCUT2D eigenvalue weighted by atomic mass is 10.0. The van der Waals surface area contributed by atoms with Crippen LogP contribution < -0.4 is 10.6 Å². The van der Waals surface area contributed by atoms with Crippen molar-refractivity contribution >= 4 is 21.9 Å². The lowest BCUT2D eigenvalue weighted by Gasteiger charge is -2.33. The van der Waals surface area contributed by atoms with Crippen molar-refractivity contribution in [2.75, 3.05) is 33.3 Å². The molecule has 2 saturated heterocycles. The molecule has 5 nitrogen and oxygen atoms in total. The predicted molar refractivity (Wildman–Crippen MR) is 111 cm³/mol. The summed E-state index contributed by atoms with van der Waals surface area (Å²) in [7, 11) is 1.85. The van der Waals surface area contributed by atoms with Gasteiger partial charge in [0.25, 0.3) is 0 Å². The monoisotopic (exact) mass is 422 g/mol. The maximum absolute atomic E-state index is 5.68. The van der Waals surface area contributed by atoms with Gasteiger partial charge in [-0.2, -0.15) is 0 Å². The standard InChI is InChI=1S/C20H31BrN4O/c1-22-20(23-11-8-19-3-2-14-26-19)24-18-9-12-25(13-10-18)15-16-4-6-17(21)7-5-16/h4-7,18-19H,2-3,8-15H2,1H3,(H2,22,23,24). The van der Waals surface area contributed by atoms with Gasteiger partial charge in [-0.05, 0) is 49.8 Å². The van der Waals surface area contributed by atoms with Gasteiger partial charge in [0.05, 0.1) is 6.10 Å². The summed E-state index contributed by atoms with van der Waals surface area (Å²) in [6.45, 7) is 5.14. The highest BCUT2D eigenvalue weighted by Crippen LogP contribution is 2.16. The number of halogens is 1. The summed E-state index contributed by atoms with van der Waals surface area (Å²) in [6, 6.07) is 9.15. The first kappa shape index (κ1) is 19.6. The summed E-state index contributed by atoms with van der Waals surface area (Å²) in [5.74, 6) is 0.925. The van der Waals surface area contributed by atoms with Gasteiger partial charge in [0.2, 0.25) is 0 Å². The van der Waals surface area contributed by atoms with E-state index in [2.05, 4.69) is 60.7 Å². The highest BCUT2D eigenvalue weighted by Gasteiger charge is 2.20. The van der Waals surface area contributed by atoms with Crippen LogP contribution in [0.2, 0.25) is 0 Å². The molecule has 2 fully saturated rings. The van der Waals surface area contributed by atoms with Crippen molar-refractivity contribution in [3.05, 3.63) is 34.3 Å². The van der Waals surface area contributed by atoms with Crippen LogP contribution in [0.4, 0.5) is 0 Å². The Balaban J connectivity index is 1.34. The molecular weight excluding hydrogens is 392 g/mol. The molecule has 2 heterocycles. The third kappa shape index (κ3) is 6.25. The molecule has 26 heavy (non-hydrogen) atoms. The second-order valence-corrected chi connectivity index (χ2v) is 8.16. The van der Waals surface area contributed by atoms with Crippen LogP contribution in [0.1, 0.15) is 37.7 Å². The lowest BCUT2D eigenvalue weighted by molar-refractivity contribution is 0.105. The molecule has 144 valence electrons. The minimum absolute atomic E-state index is 0.433. The molecule has 2 aliphatic rings. The third-order valence-electron chi connectivity index (χ3n) is 5.25. The highest BCUT2D eigenvalue weighted by atomic mass is 79.9. The van der Waals surface area contributed by atoms with Crippen LogP contribution in [0.5, 0.6) is 0 Å². The maximum atomic E-state index is 5.68. The van der Waals surface area contributed by atoms with E-state index in [9.17, 15) is 0 Å². The van der Waals surface area contributed by atoms with E-state index in [1.807, 2.05) is 7.05 Å². The molecule has 2 aliphatic heterocycles. The molecule has 1 atom stereocenters. The molecule has 0 spiro atoms. The van der Waals surface area contributed by atoms with Gasteiger partial charge in [-0.3, -0.25) is 9.89 Å². The molecule has 6 heteroatoms. The zero-order valence-electron chi connectivity index (χ0n) is 15.7. The number of piperidine rings is 1. The Kier molecular flexibility index (Phi) is 7.77. The van der Waals surface area contributed by atoms with Gasteiger partial charge in [-0.25, -0.2) is 0 Å². The van der Waals surface area contributed by atoms with Gasteiger partial charge in [0, 0.05) is 50.3 Å². The Morgan fingerprint density at radius 1 is 1.23 bits per heavy atom. The van der Waals surface area contributed by atoms with Crippen molar-refractivity contribution in [1.82, 2.24) is 15.5 Å². The van der Waals surface area contributed by atoms with E-state index < -0.39 is 0 Å². The van der Waals surface area contributed by atoms with E-state index in [0.717, 1.165) is 62.5 Å². The molecule has 0 aliphatic carbocycles. The molecular formula is C20H31BrN4O. The summed E-state index contributed by atoms with van der Waals surface area (Å²) in [5.41, 5.74) is 1.38. The van der Waals surface area contributed by atoms with E-state index in [-0.39, 0.29) is 0 Å². The van der Waals surface area contributed by atoms with Crippen molar-refractivity contribution < 1.29 is 4.74 Å². The third-order valence-corrected chi connectivity index (χ3v) is 5.78. The predicted octanol–water partition coefficient (Wildman–Crippen LogP) is 3.15. The summed E-state index contributed by atoms with van der Waals surface area (Å²) >= 11 is 3.50. The molecule has 0 amide bonds. The second kappa shape index (κ2) is 10.3. The van der Waals surface area contributed by atoms with Gasteiger partial charge in [0.1, 0.15) is 0 Å². The van der Waals surface area contributed by atoms with Crippen LogP contribution in [0.3, 0.4) is 0 Å². The Bertz CT molecular complexity index is 564. The molecule has 1 aromatic carbocycles. The van der Waals surface area contributed by atoms with Crippen LogP contribution in [-0.2, 0) is 11.3 Å². The van der Waals surface area contributed by atoms with Crippen LogP contribution >= 0.6 is 15.9 Å². The lowest BCUT2D eigenvalue weighted by Crippen LogP contribution is -2.48. The van der Waals surface area contributed by atoms with Crippen molar-refractivity contribution in [2.24, 2.45) is 4.99 Å². The van der Waals surface area contributed by atoms with E-state index in [0.29, 0.717) is 12.1 Å². The summed E-state index contributed by atoms with van der Waals surface area (Å²) in [5, 5.41) is 7.03. The van der Waals surface area contributed by atoms with E-state index in [1.165, 1.54) is 18.4 Å². The number of likely N-dealkylation sites (tertiary alicyclic amines) is 1. The van der Waals surface area contributed by atoms with Crippen molar-refractivity contribution in [1.29, 1.82) is 0 Å². The number of ether oxygens (including phenoxy) is 1. The SMILES string of the molecule is CN=C(NCCC1CCCO1)NC1CCN(Cc2ccc(Br)cc2)CC1. The molecule has 1 unspecified atom stereocenters. The number of hydrogen-bond donors (Lipinski definition) is 2. The van der Waals surface area contributed by atoms with Gasteiger partial charge < -0.3 is 15.4 Å². The number of aliphatic imine (C=N–C) groups is 1. The van der Waals surface area contributed by atoms with Gasteiger partial charge >= 0.3 is 0 Å². The normalized spacial score (nSPS) is 22.5. The first-order valence-corrected chi connectivity index (χ1v) is 10.6. The van der Waals surface area contributed by atoms with Crippen molar-refractivity contribution in [3.8, 4) is 0 Å². The average Bonchev–Trinajstić information content (AvgIpc) is 3.18. The molecule has 0 radical (unpaired) electrons. The van der Waals surface area contributed by atoms with Gasteiger partial charge in [-0.1, -0.05) is 28.1 Å². The fourth-order valence-corrected chi connectivity index (χ4v) is 3.96. The quantitative estimate of drug-likeness (QED) is 0.545. The van der Waals surface area contributed by atoms with Gasteiger partial charge in [0.15, 0.2) is 5.96 Å². The molecule has 0 aromatic heterocycles. The topological polar surface area (TPSA) is 48.9 Å². The number of nitrogens with one attached hydrogen (secondary N) is 2. The first-order chi connectivity index (χ1) is 12.7. The largest absolute Gasteiger partial charge is 0.378 e. The zero-order valence-corrected chi connectivity index (χ0v) is 17.3. The van der Waals surface area contributed by atoms with Crippen molar-refractivity contribution in [3.63, 3.8) is 0 Å². The summed E-state index contributed by atoms with van der Waals surface area (Å²) < 4.78 is 6.82. The van der Waals surface area contributed by atoms with Gasteiger partial charge in [-0.15, -0.1) is 0 Å². The van der Waals surface area contributed by atoms with Crippen LogP contribution in [-0.4, -0.2) is 56.3 Å².